The first kappa shape index (κ1) is 9.23. The van der Waals surface area contributed by atoms with Crippen molar-refractivity contribution in [2.45, 2.75) is 6.54 Å². The Kier molecular flexibility index (Phi) is 2.04. The molecule has 1 aliphatic heterocycles. The molecule has 0 saturated carbocycles. The second-order valence-electron chi connectivity index (χ2n) is 3.59. The molecule has 1 aliphatic rings. The third kappa shape index (κ3) is 1.33. The van der Waals surface area contributed by atoms with Crippen molar-refractivity contribution in [3.8, 4) is 11.3 Å². The molecular formula is C11H9N3O2. The Bertz CT molecular complexity index is 533. The number of fused-ring (bicyclic) bond motifs is 1. The lowest BCUT2D eigenvalue weighted by molar-refractivity contribution is 0.0979. The van der Waals surface area contributed by atoms with Crippen molar-refractivity contribution < 1.29 is 9.32 Å². The molecular weight excluding hydrogens is 206 g/mol. The fourth-order valence-electron chi connectivity index (χ4n) is 1.82. The summed E-state index contributed by atoms with van der Waals surface area (Å²) in [6.45, 7) is 0.894. The highest BCUT2D eigenvalue weighted by Crippen LogP contribution is 2.26. The molecule has 0 aromatic carbocycles. The number of hydrogen-bond donors (Lipinski definition) is 1. The third-order valence-electron chi connectivity index (χ3n) is 2.57. The quantitative estimate of drug-likeness (QED) is 0.769. The van der Waals surface area contributed by atoms with E-state index in [1.54, 1.807) is 12.4 Å². The van der Waals surface area contributed by atoms with Crippen LogP contribution in [0, 0.1) is 0 Å². The van der Waals surface area contributed by atoms with Gasteiger partial charge < -0.3 is 9.84 Å². The third-order valence-corrected chi connectivity index (χ3v) is 2.57. The summed E-state index contributed by atoms with van der Waals surface area (Å²) >= 11 is 0. The van der Waals surface area contributed by atoms with Gasteiger partial charge in [0.15, 0.2) is 11.5 Å². The zero-order chi connectivity index (χ0) is 11.0. The van der Waals surface area contributed by atoms with Gasteiger partial charge in [-0.3, -0.25) is 9.78 Å². The Labute approximate surface area is 91.5 Å². The minimum Gasteiger partial charge on any atom is -0.359 e. The molecule has 3 heterocycles. The molecule has 0 unspecified atom stereocenters. The van der Waals surface area contributed by atoms with Gasteiger partial charge in [-0.1, -0.05) is 5.16 Å². The van der Waals surface area contributed by atoms with E-state index in [-0.39, 0.29) is 5.78 Å². The van der Waals surface area contributed by atoms with E-state index in [2.05, 4.69) is 15.5 Å². The molecule has 5 heteroatoms. The zero-order valence-corrected chi connectivity index (χ0v) is 8.43. The Hall–Kier alpha value is -2.01. The summed E-state index contributed by atoms with van der Waals surface area (Å²) in [6.07, 6.45) is 3.34. The Balaban J connectivity index is 2.16. The van der Waals surface area contributed by atoms with Crippen LogP contribution in [-0.4, -0.2) is 22.5 Å². The van der Waals surface area contributed by atoms with Crippen molar-refractivity contribution in [1.29, 1.82) is 0 Å². The van der Waals surface area contributed by atoms with Gasteiger partial charge in [-0.2, -0.15) is 0 Å². The molecule has 1 N–H and O–H groups in total. The maximum absolute atomic E-state index is 11.8. The summed E-state index contributed by atoms with van der Waals surface area (Å²) < 4.78 is 5.16. The van der Waals surface area contributed by atoms with Crippen LogP contribution in [-0.2, 0) is 6.54 Å². The van der Waals surface area contributed by atoms with Crippen LogP contribution in [0.3, 0.4) is 0 Å². The van der Waals surface area contributed by atoms with E-state index in [4.69, 9.17) is 4.52 Å². The molecule has 0 atom stereocenters. The molecule has 0 spiro atoms. The van der Waals surface area contributed by atoms with Gasteiger partial charge in [-0.15, -0.1) is 0 Å². The number of nitrogens with one attached hydrogen (secondary N) is 1. The maximum atomic E-state index is 11.8. The number of aromatic nitrogens is 2. The van der Waals surface area contributed by atoms with Crippen LogP contribution in [0.1, 0.15) is 16.1 Å². The predicted molar refractivity (Wildman–Crippen MR) is 55.8 cm³/mol. The minimum absolute atomic E-state index is 0.0225. The number of pyridine rings is 1. The van der Waals surface area contributed by atoms with Crippen LogP contribution in [0.2, 0.25) is 0 Å². The first-order valence-corrected chi connectivity index (χ1v) is 4.99. The summed E-state index contributed by atoms with van der Waals surface area (Å²) in [5.41, 5.74) is 2.07. The van der Waals surface area contributed by atoms with E-state index in [0.717, 1.165) is 5.56 Å². The first-order valence-electron chi connectivity index (χ1n) is 4.99. The summed E-state index contributed by atoms with van der Waals surface area (Å²) in [4.78, 5) is 15.7. The van der Waals surface area contributed by atoms with Crippen molar-refractivity contribution in [2.24, 2.45) is 0 Å². The number of carbonyl (C=O) groups excluding carboxylic acids is 1. The first-order chi connectivity index (χ1) is 7.86. The second-order valence-corrected chi connectivity index (χ2v) is 3.59. The van der Waals surface area contributed by atoms with E-state index in [1.807, 2.05) is 12.1 Å². The highest BCUT2D eigenvalue weighted by atomic mass is 16.5. The summed E-state index contributed by atoms with van der Waals surface area (Å²) in [5.74, 6) is 0.636. The standard InChI is InChI=1S/C11H9N3O2/c15-8-5-13-6-9-10(8)11(14-16-9)7-1-3-12-4-2-7/h1-4,13H,5-6H2. The van der Waals surface area contributed by atoms with Gasteiger partial charge in [0.2, 0.25) is 0 Å². The second kappa shape index (κ2) is 3.53. The van der Waals surface area contributed by atoms with E-state index in [9.17, 15) is 4.79 Å². The molecule has 3 rings (SSSR count). The lowest BCUT2D eigenvalue weighted by Crippen LogP contribution is -2.29. The van der Waals surface area contributed by atoms with E-state index < -0.39 is 0 Å². The molecule has 0 amide bonds. The van der Waals surface area contributed by atoms with E-state index in [0.29, 0.717) is 30.1 Å². The summed E-state index contributed by atoms with van der Waals surface area (Å²) in [7, 11) is 0. The van der Waals surface area contributed by atoms with Gasteiger partial charge in [0.25, 0.3) is 0 Å². The van der Waals surface area contributed by atoms with Crippen molar-refractivity contribution >= 4 is 5.78 Å². The molecule has 16 heavy (non-hydrogen) atoms. The molecule has 0 saturated heterocycles. The molecule has 5 nitrogen and oxygen atoms in total. The SMILES string of the molecule is O=C1CNCc2onc(-c3ccncc3)c21. The zero-order valence-electron chi connectivity index (χ0n) is 8.43. The number of hydrogen-bond acceptors (Lipinski definition) is 5. The smallest absolute Gasteiger partial charge is 0.182 e. The highest BCUT2D eigenvalue weighted by molar-refractivity contribution is 6.04. The van der Waals surface area contributed by atoms with Gasteiger partial charge in [-0.05, 0) is 12.1 Å². The van der Waals surface area contributed by atoms with Crippen LogP contribution in [0.4, 0.5) is 0 Å². The van der Waals surface area contributed by atoms with Crippen molar-refractivity contribution in [1.82, 2.24) is 15.5 Å². The van der Waals surface area contributed by atoms with Crippen LogP contribution < -0.4 is 5.32 Å². The largest absolute Gasteiger partial charge is 0.359 e. The molecule has 0 fully saturated rings. The molecule has 80 valence electrons. The number of ketones is 1. The Morgan fingerprint density at radius 3 is 2.88 bits per heavy atom. The lowest BCUT2D eigenvalue weighted by atomic mass is 10.0. The summed E-state index contributed by atoms with van der Waals surface area (Å²) in [5, 5.41) is 6.91. The fourth-order valence-corrected chi connectivity index (χ4v) is 1.82. The van der Waals surface area contributed by atoms with Gasteiger partial charge in [0, 0.05) is 18.0 Å². The summed E-state index contributed by atoms with van der Waals surface area (Å²) in [6, 6.07) is 3.63. The molecule has 0 aliphatic carbocycles. The normalized spacial score (nSPS) is 14.9. The van der Waals surface area contributed by atoms with Crippen LogP contribution in [0.5, 0.6) is 0 Å². The number of carbonyl (C=O) groups is 1. The average Bonchev–Trinajstić information content (AvgIpc) is 2.75. The fraction of sp³-hybridized carbons (Fsp3) is 0.182. The number of nitrogens with zero attached hydrogens (tertiary/aromatic N) is 2. The molecule has 2 aromatic rings. The van der Waals surface area contributed by atoms with Crippen molar-refractivity contribution in [3.05, 3.63) is 35.9 Å². The molecule has 2 aromatic heterocycles. The molecule has 0 bridgehead atoms. The maximum Gasteiger partial charge on any atom is 0.182 e. The topological polar surface area (TPSA) is 68.0 Å². The van der Waals surface area contributed by atoms with Gasteiger partial charge in [0.1, 0.15) is 5.69 Å². The van der Waals surface area contributed by atoms with Crippen LogP contribution >= 0.6 is 0 Å². The Morgan fingerprint density at radius 2 is 2.06 bits per heavy atom. The van der Waals surface area contributed by atoms with Crippen molar-refractivity contribution in [2.75, 3.05) is 6.54 Å². The van der Waals surface area contributed by atoms with Crippen LogP contribution in [0.25, 0.3) is 11.3 Å². The van der Waals surface area contributed by atoms with Gasteiger partial charge in [0.05, 0.1) is 18.7 Å². The average molecular weight is 215 g/mol. The minimum atomic E-state index is 0.0225. The number of rotatable bonds is 1. The van der Waals surface area contributed by atoms with Gasteiger partial charge >= 0.3 is 0 Å². The Morgan fingerprint density at radius 1 is 1.25 bits per heavy atom. The lowest BCUT2D eigenvalue weighted by Gasteiger charge is -2.09. The molecule has 0 radical (unpaired) electrons. The van der Waals surface area contributed by atoms with Crippen LogP contribution in [0.15, 0.2) is 29.0 Å². The van der Waals surface area contributed by atoms with E-state index >= 15 is 0 Å². The number of Topliss-reactive ketones (excluding diaryl/α,β-unsaturated/α-hetero) is 1. The predicted octanol–water partition coefficient (Wildman–Crippen LogP) is 1.02. The van der Waals surface area contributed by atoms with Crippen molar-refractivity contribution in [3.63, 3.8) is 0 Å². The highest BCUT2D eigenvalue weighted by Gasteiger charge is 2.26. The van der Waals surface area contributed by atoms with Gasteiger partial charge in [-0.25, -0.2) is 0 Å². The van der Waals surface area contributed by atoms with E-state index in [1.165, 1.54) is 0 Å². The monoisotopic (exact) mass is 215 g/mol.